The van der Waals surface area contributed by atoms with Gasteiger partial charge in [-0.1, -0.05) is 20.8 Å². The summed E-state index contributed by atoms with van der Waals surface area (Å²) in [5, 5.41) is 2.90. The number of hydrogen-bond acceptors (Lipinski definition) is 6. The summed E-state index contributed by atoms with van der Waals surface area (Å²) >= 11 is 0. The molecule has 0 unspecified atom stereocenters. The fourth-order valence-corrected chi connectivity index (χ4v) is 4.66. The quantitative estimate of drug-likeness (QED) is 0.539. The van der Waals surface area contributed by atoms with Gasteiger partial charge in [-0.2, -0.15) is 0 Å². The molecule has 10 heteroatoms. The van der Waals surface area contributed by atoms with Crippen molar-refractivity contribution in [3.63, 3.8) is 0 Å². The Kier molecular flexibility index (Phi) is 9.14. The smallest absolute Gasteiger partial charge is 0.356 e. The van der Waals surface area contributed by atoms with Crippen molar-refractivity contribution in [2.24, 2.45) is 5.92 Å². The molecule has 2 aliphatic rings. The Balaban J connectivity index is 1.52. The lowest BCUT2D eigenvalue weighted by atomic mass is 9.84. The average Bonchev–Trinajstić information content (AvgIpc) is 2.77. The first-order chi connectivity index (χ1) is 16.0. The molecule has 1 N–H and O–H groups in total. The Bertz CT molecular complexity index is 784. The molecule has 192 valence electrons. The van der Waals surface area contributed by atoms with E-state index in [0.717, 1.165) is 63.7 Å². The van der Waals surface area contributed by atoms with Gasteiger partial charge in [0, 0.05) is 55.8 Å². The topological polar surface area (TPSA) is 70.6 Å². The van der Waals surface area contributed by atoms with Crippen LogP contribution in [0.1, 0.15) is 64.4 Å². The van der Waals surface area contributed by atoms with Crippen LogP contribution in [0.2, 0.25) is 0 Å². The fourth-order valence-electron chi connectivity index (χ4n) is 4.66. The van der Waals surface area contributed by atoms with Crippen molar-refractivity contribution in [2.75, 3.05) is 44.2 Å². The van der Waals surface area contributed by atoms with E-state index in [1.54, 1.807) is 6.07 Å². The number of nitrogens with zero attached hydrogens (tertiary/aromatic N) is 4. The van der Waals surface area contributed by atoms with Crippen LogP contribution in [0.3, 0.4) is 0 Å². The fraction of sp³-hybridized carbons (Fsp3) is 0.792. The summed E-state index contributed by atoms with van der Waals surface area (Å²) in [6.45, 7) is 10.1. The van der Waals surface area contributed by atoms with E-state index in [1.807, 2.05) is 20.8 Å². The maximum atomic E-state index is 12.4. The molecule has 3 rings (SSSR count). The highest BCUT2D eigenvalue weighted by molar-refractivity contribution is 5.46. The third-order valence-corrected chi connectivity index (χ3v) is 6.76. The largest absolute Gasteiger partial charge is 0.522 e. The second kappa shape index (κ2) is 11.7. The van der Waals surface area contributed by atoms with Crippen LogP contribution < -0.4 is 10.2 Å². The number of amides is 1. The maximum absolute atomic E-state index is 12.4. The van der Waals surface area contributed by atoms with Crippen molar-refractivity contribution in [3.05, 3.63) is 17.6 Å². The molecule has 0 radical (unpaired) electrons. The number of alkyl halides is 3. The maximum Gasteiger partial charge on any atom is 0.522 e. The Morgan fingerprint density at radius 2 is 1.76 bits per heavy atom. The SMILES string of the molecule is CC(C)(C)c1nc(CCOC(F)(F)F)cc(N2CCN(CCC3CCC(NC=O)CC3)CC2)n1. The molecule has 2 heterocycles. The zero-order chi connectivity index (χ0) is 24.8. The number of carbonyl (C=O) groups excluding carboxylic acids is 1. The van der Waals surface area contributed by atoms with Gasteiger partial charge in [-0.15, -0.1) is 13.2 Å². The minimum absolute atomic E-state index is 0.0860. The minimum Gasteiger partial charge on any atom is -0.356 e. The second-order valence-electron chi connectivity index (χ2n) is 10.5. The summed E-state index contributed by atoms with van der Waals surface area (Å²) < 4.78 is 41.1. The molecule has 1 aromatic rings. The summed E-state index contributed by atoms with van der Waals surface area (Å²) in [7, 11) is 0. The molecule has 1 saturated heterocycles. The van der Waals surface area contributed by atoms with E-state index >= 15 is 0 Å². The molecule has 1 aromatic heterocycles. The first-order valence-electron chi connectivity index (χ1n) is 12.3. The molecule has 2 fully saturated rings. The lowest BCUT2D eigenvalue weighted by Gasteiger charge is -2.37. The first kappa shape index (κ1) is 26.7. The highest BCUT2D eigenvalue weighted by atomic mass is 19.4. The van der Waals surface area contributed by atoms with Crippen LogP contribution in [-0.4, -0.2) is 73.0 Å². The molecule has 1 saturated carbocycles. The van der Waals surface area contributed by atoms with Crippen LogP contribution in [0.4, 0.5) is 19.0 Å². The number of anilines is 1. The molecule has 1 aliphatic carbocycles. The van der Waals surface area contributed by atoms with Gasteiger partial charge in [0.2, 0.25) is 6.41 Å². The molecule has 1 amide bonds. The van der Waals surface area contributed by atoms with E-state index in [9.17, 15) is 18.0 Å². The van der Waals surface area contributed by atoms with Crippen LogP contribution in [0.15, 0.2) is 6.07 Å². The number of piperazine rings is 1. The number of carbonyl (C=O) groups is 1. The van der Waals surface area contributed by atoms with E-state index < -0.39 is 13.0 Å². The molecular formula is C24H38F3N5O2. The Morgan fingerprint density at radius 1 is 1.09 bits per heavy atom. The zero-order valence-electron chi connectivity index (χ0n) is 20.5. The third-order valence-electron chi connectivity index (χ3n) is 6.76. The van der Waals surface area contributed by atoms with Crippen molar-refractivity contribution >= 4 is 12.2 Å². The summed E-state index contributed by atoms with van der Waals surface area (Å²) in [6.07, 6.45) is 1.92. The Morgan fingerprint density at radius 3 is 2.35 bits per heavy atom. The number of halogens is 3. The number of hydrogen-bond donors (Lipinski definition) is 1. The van der Waals surface area contributed by atoms with Gasteiger partial charge in [0.1, 0.15) is 11.6 Å². The normalized spacial score (nSPS) is 22.6. The van der Waals surface area contributed by atoms with E-state index in [2.05, 4.69) is 24.8 Å². The van der Waals surface area contributed by atoms with Gasteiger partial charge in [0.25, 0.3) is 0 Å². The molecular weight excluding hydrogens is 447 g/mol. The monoisotopic (exact) mass is 485 g/mol. The minimum atomic E-state index is -4.63. The van der Waals surface area contributed by atoms with Gasteiger partial charge in [0.15, 0.2) is 0 Å². The zero-order valence-corrected chi connectivity index (χ0v) is 20.5. The predicted octanol–water partition coefficient (Wildman–Crippen LogP) is 3.67. The molecule has 7 nitrogen and oxygen atoms in total. The summed E-state index contributed by atoms with van der Waals surface area (Å²) in [5.41, 5.74) is 0.263. The van der Waals surface area contributed by atoms with Crippen LogP contribution >= 0.6 is 0 Å². The van der Waals surface area contributed by atoms with E-state index in [1.165, 1.54) is 19.3 Å². The Labute approximate surface area is 200 Å². The van der Waals surface area contributed by atoms with Crippen molar-refractivity contribution in [1.29, 1.82) is 0 Å². The van der Waals surface area contributed by atoms with Crippen LogP contribution in [-0.2, 0) is 21.4 Å². The van der Waals surface area contributed by atoms with Gasteiger partial charge in [-0.25, -0.2) is 9.97 Å². The Hall–Kier alpha value is -1.94. The van der Waals surface area contributed by atoms with Gasteiger partial charge in [-0.3, -0.25) is 14.4 Å². The molecule has 1 aliphatic heterocycles. The number of ether oxygens (including phenoxy) is 1. The molecule has 0 bridgehead atoms. The first-order valence-corrected chi connectivity index (χ1v) is 12.3. The number of aromatic nitrogens is 2. The van der Waals surface area contributed by atoms with Crippen molar-refractivity contribution in [3.8, 4) is 0 Å². The molecule has 0 aromatic carbocycles. The number of rotatable bonds is 9. The van der Waals surface area contributed by atoms with Gasteiger partial charge in [-0.05, 0) is 44.6 Å². The predicted molar refractivity (Wildman–Crippen MR) is 125 cm³/mol. The summed E-state index contributed by atoms with van der Waals surface area (Å²) in [6, 6.07) is 2.14. The average molecular weight is 486 g/mol. The van der Waals surface area contributed by atoms with Crippen LogP contribution in [0.25, 0.3) is 0 Å². The lowest BCUT2D eigenvalue weighted by Crippen LogP contribution is -2.47. The van der Waals surface area contributed by atoms with Crippen molar-refractivity contribution in [1.82, 2.24) is 20.2 Å². The highest BCUT2D eigenvalue weighted by Gasteiger charge is 2.29. The standard InChI is InChI=1S/C24H38F3N5O2/c1-23(2,3)22-29-20(9-15-34-24(25,26)27)16-21(30-22)32-13-11-31(12-14-32)10-8-18-4-6-19(7-5-18)28-17-33/h16-19H,4-15H2,1-3H3,(H,28,33). The van der Waals surface area contributed by atoms with E-state index in [-0.39, 0.29) is 11.8 Å². The van der Waals surface area contributed by atoms with Gasteiger partial charge >= 0.3 is 6.36 Å². The molecule has 34 heavy (non-hydrogen) atoms. The third kappa shape index (κ3) is 8.37. The molecule has 0 atom stereocenters. The van der Waals surface area contributed by atoms with Gasteiger partial charge < -0.3 is 10.2 Å². The molecule has 0 spiro atoms. The van der Waals surface area contributed by atoms with Crippen molar-refractivity contribution in [2.45, 2.75) is 77.1 Å². The van der Waals surface area contributed by atoms with Crippen LogP contribution in [0, 0.1) is 5.92 Å². The summed E-state index contributed by atoms with van der Waals surface area (Å²) in [5.74, 6) is 2.14. The number of nitrogens with one attached hydrogen (secondary N) is 1. The highest BCUT2D eigenvalue weighted by Crippen LogP contribution is 2.28. The second-order valence-corrected chi connectivity index (χ2v) is 10.5. The van der Waals surface area contributed by atoms with Crippen molar-refractivity contribution < 1.29 is 22.7 Å². The van der Waals surface area contributed by atoms with Crippen LogP contribution in [0.5, 0.6) is 0 Å². The summed E-state index contributed by atoms with van der Waals surface area (Å²) in [4.78, 5) is 24.6. The van der Waals surface area contributed by atoms with E-state index in [4.69, 9.17) is 4.98 Å². The lowest BCUT2D eigenvalue weighted by molar-refractivity contribution is -0.324. The van der Waals surface area contributed by atoms with Gasteiger partial charge in [0.05, 0.1) is 6.61 Å². The van der Waals surface area contributed by atoms with E-state index in [0.29, 0.717) is 17.6 Å².